The summed E-state index contributed by atoms with van der Waals surface area (Å²) in [6.45, 7) is 0. The van der Waals surface area contributed by atoms with Crippen molar-refractivity contribution < 1.29 is 0 Å². The van der Waals surface area contributed by atoms with Crippen molar-refractivity contribution in [2.45, 2.75) is 73.9 Å². The summed E-state index contributed by atoms with van der Waals surface area (Å²) in [6, 6.07) is 0. The summed E-state index contributed by atoms with van der Waals surface area (Å²) in [5.74, 6) is 0. The second-order valence-corrected chi connectivity index (χ2v) is 9.01. The van der Waals surface area contributed by atoms with Crippen LogP contribution in [0.15, 0.2) is 45.6 Å². The van der Waals surface area contributed by atoms with Gasteiger partial charge in [0, 0.05) is 0 Å². The molecule has 0 aromatic carbocycles. The summed E-state index contributed by atoms with van der Waals surface area (Å²) >= 11 is 7.93. The zero-order valence-electron chi connectivity index (χ0n) is 13.1. The molecule has 0 fully saturated rings. The highest BCUT2D eigenvalue weighted by atomic mass is 79.9. The molecular weight excluding hydrogens is 400 g/mol. The Hall–Kier alpha value is -0.0800. The summed E-state index contributed by atoms with van der Waals surface area (Å²) in [5.41, 5.74) is 9.92. The van der Waals surface area contributed by atoms with E-state index >= 15 is 0 Å². The molecule has 0 radical (unpaired) electrons. The molecule has 4 aliphatic rings. The van der Waals surface area contributed by atoms with E-state index in [1.165, 1.54) is 64.2 Å². The molecule has 0 bridgehead atoms. The van der Waals surface area contributed by atoms with E-state index in [9.17, 15) is 0 Å². The molecule has 0 heterocycles. The summed E-state index contributed by atoms with van der Waals surface area (Å²) < 4.78 is 0. The van der Waals surface area contributed by atoms with E-state index in [0.29, 0.717) is 9.65 Å². The van der Waals surface area contributed by atoms with E-state index in [1.54, 1.807) is 33.4 Å². The first-order valence-corrected chi connectivity index (χ1v) is 10.7. The number of alkyl halides is 2. The Morgan fingerprint density at radius 3 is 1.50 bits per heavy atom. The average Bonchev–Trinajstić information content (AvgIpc) is 3.04. The molecule has 118 valence electrons. The van der Waals surface area contributed by atoms with Crippen LogP contribution in [0.2, 0.25) is 0 Å². The first-order chi connectivity index (χ1) is 10.7. The summed E-state index contributed by atoms with van der Waals surface area (Å²) in [4.78, 5) is 1.09. The van der Waals surface area contributed by atoms with Gasteiger partial charge in [0.05, 0.1) is 9.65 Å². The third-order valence-electron chi connectivity index (χ3n) is 5.79. The largest absolute Gasteiger partial charge is 0.0793 e. The lowest BCUT2D eigenvalue weighted by molar-refractivity contribution is 0.680. The smallest absolute Gasteiger partial charge is 0.0573 e. The topological polar surface area (TPSA) is 0 Å². The van der Waals surface area contributed by atoms with Crippen molar-refractivity contribution in [1.82, 2.24) is 0 Å². The monoisotopic (exact) mass is 422 g/mol. The highest BCUT2D eigenvalue weighted by Crippen LogP contribution is 2.45. The number of hydrogen-bond donors (Lipinski definition) is 0. The lowest BCUT2D eigenvalue weighted by Gasteiger charge is -2.19. The maximum Gasteiger partial charge on any atom is 0.0573 e. The average molecular weight is 424 g/mol. The van der Waals surface area contributed by atoms with Crippen LogP contribution >= 0.6 is 31.9 Å². The molecular formula is C20H24Br2. The van der Waals surface area contributed by atoms with Crippen LogP contribution in [0, 0.1) is 0 Å². The molecule has 0 saturated carbocycles. The molecule has 0 nitrogen and oxygen atoms in total. The second-order valence-electron chi connectivity index (χ2n) is 7.18. The maximum absolute atomic E-state index is 3.96. The van der Waals surface area contributed by atoms with Crippen molar-refractivity contribution in [3.05, 3.63) is 45.6 Å². The van der Waals surface area contributed by atoms with Crippen molar-refractivity contribution >= 4 is 31.9 Å². The Bertz CT molecular complexity index is 549. The van der Waals surface area contributed by atoms with Crippen LogP contribution in [0.5, 0.6) is 0 Å². The molecule has 0 amide bonds. The van der Waals surface area contributed by atoms with E-state index in [4.69, 9.17) is 0 Å². The fraction of sp³-hybridized carbons (Fsp3) is 0.600. The molecule has 0 aromatic heterocycles. The molecule has 2 unspecified atom stereocenters. The Morgan fingerprint density at radius 1 is 0.682 bits per heavy atom. The minimum Gasteiger partial charge on any atom is -0.0793 e. The molecule has 0 spiro atoms. The van der Waals surface area contributed by atoms with Gasteiger partial charge in [-0.2, -0.15) is 0 Å². The van der Waals surface area contributed by atoms with Gasteiger partial charge in [-0.1, -0.05) is 55.2 Å². The van der Waals surface area contributed by atoms with Crippen LogP contribution in [0.3, 0.4) is 0 Å². The highest BCUT2D eigenvalue weighted by Gasteiger charge is 2.30. The van der Waals surface area contributed by atoms with Gasteiger partial charge in [-0.05, 0) is 86.5 Å². The molecule has 4 aliphatic carbocycles. The van der Waals surface area contributed by atoms with E-state index in [0.717, 1.165) is 0 Å². The van der Waals surface area contributed by atoms with Gasteiger partial charge >= 0.3 is 0 Å². The van der Waals surface area contributed by atoms with E-state index in [1.807, 2.05) is 0 Å². The number of hydrogen-bond acceptors (Lipinski definition) is 0. The minimum absolute atomic E-state index is 0.543. The van der Waals surface area contributed by atoms with Gasteiger partial charge in [0.15, 0.2) is 0 Å². The Kier molecular flexibility index (Phi) is 4.52. The Balaban J connectivity index is 1.40. The Labute approximate surface area is 151 Å². The lowest BCUT2D eigenvalue weighted by Crippen LogP contribution is -2.08. The molecule has 0 aromatic rings. The zero-order chi connectivity index (χ0) is 15.1. The van der Waals surface area contributed by atoms with Gasteiger partial charge in [0.2, 0.25) is 0 Å². The summed E-state index contributed by atoms with van der Waals surface area (Å²) in [5, 5.41) is 0. The molecule has 4 rings (SSSR count). The summed E-state index contributed by atoms with van der Waals surface area (Å²) in [6.07, 6.45) is 18.2. The number of halogens is 2. The van der Waals surface area contributed by atoms with Crippen LogP contribution in [-0.4, -0.2) is 9.65 Å². The predicted molar refractivity (Wildman–Crippen MR) is 102 cm³/mol. The van der Waals surface area contributed by atoms with Gasteiger partial charge in [-0.3, -0.25) is 0 Å². The first kappa shape index (κ1) is 15.4. The highest BCUT2D eigenvalue weighted by molar-refractivity contribution is 9.10. The second kappa shape index (κ2) is 6.43. The molecule has 0 saturated heterocycles. The fourth-order valence-corrected chi connectivity index (χ4v) is 6.31. The van der Waals surface area contributed by atoms with E-state index < -0.39 is 0 Å². The van der Waals surface area contributed by atoms with Crippen LogP contribution < -0.4 is 0 Å². The van der Waals surface area contributed by atoms with Crippen molar-refractivity contribution in [3.63, 3.8) is 0 Å². The third kappa shape index (κ3) is 2.75. The lowest BCUT2D eigenvalue weighted by atomic mass is 9.93. The van der Waals surface area contributed by atoms with Crippen LogP contribution in [0.4, 0.5) is 0 Å². The van der Waals surface area contributed by atoms with Crippen LogP contribution in [-0.2, 0) is 0 Å². The number of allylic oxidation sites excluding steroid dienone is 8. The standard InChI is InChI=1S/C20H24Br2/c21-19-15(11-13-5-1-3-7-17(13)19)9-10-16-12-14-6-2-4-8-18(14)20(16)22/h11-12,19-20H,1-10H2. The van der Waals surface area contributed by atoms with E-state index in [2.05, 4.69) is 44.0 Å². The van der Waals surface area contributed by atoms with Gasteiger partial charge in [0.1, 0.15) is 0 Å². The molecule has 22 heavy (non-hydrogen) atoms. The molecule has 2 heteroatoms. The summed E-state index contributed by atoms with van der Waals surface area (Å²) in [7, 11) is 0. The Morgan fingerprint density at radius 2 is 1.09 bits per heavy atom. The molecule has 0 aliphatic heterocycles. The molecule has 0 N–H and O–H groups in total. The first-order valence-electron chi connectivity index (χ1n) is 8.87. The molecule has 2 atom stereocenters. The third-order valence-corrected chi connectivity index (χ3v) is 8.08. The number of rotatable bonds is 3. The van der Waals surface area contributed by atoms with Crippen molar-refractivity contribution in [3.8, 4) is 0 Å². The predicted octanol–water partition coefficient (Wildman–Crippen LogP) is 6.91. The van der Waals surface area contributed by atoms with Crippen molar-refractivity contribution in [1.29, 1.82) is 0 Å². The van der Waals surface area contributed by atoms with E-state index in [-0.39, 0.29) is 0 Å². The maximum atomic E-state index is 3.96. The van der Waals surface area contributed by atoms with Gasteiger partial charge in [-0.15, -0.1) is 0 Å². The zero-order valence-corrected chi connectivity index (χ0v) is 16.3. The van der Waals surface area contributed by atoms with Gasteiger partial charge in [0.25, 0.3) is 0 Å². The van der Waals surface area contributed by atoms with Crippen molar-refractivity contribution in [2.24, 2.45) is 0 Å². The van der Waals surface area contributed by atoms with Gasteiger partial charge < -0.3 is 0 Å². The van der Waals surface area contributed by atoms with Crippen molar-refractivity contribution in [2.75, 3.05) is 0 Å². The SMILES string of the molecule is BrC1C(CCC2=CC3=C(CCCC3)C2Br)=CC2=C1CCCC2. The van der Waals surface area contributed by atoms with Gasteiger partial charge in [-0.25, -0.2) is 0 Å². The fourth-order valence-electron chi connectivity index (χ4n) is 4.54. The van der Waals surface area contributed by atoms with Crippen LogP contribution in [0.1, 0.15) is 64.2 Å². The normalized spacial score (nSPS) is 31.2. The quantitative estimate of drug-likeness (QED) is 0.432. The minimum atomic E-state index is 0.543. The van der Waals surface area contributed by atoms with Crippen LogP contribution in [0.25, 0.3) is 0 Å².